The predicted molar refractivity (Wildman–Crippen MR) is 50.8 cm³/mol. The molecular weight excluding hydrogens is 168 g/mol. The lowest BCUT2D eigenvalue weighted by atomic mass is 10.3. The molecule has 1 aromatic heterocycles. The number of aromatic nitrogens is 2. The van der Waals surface area contributed by atoms with E-state index in [0.717, 1.165) is 26.0 Å². The van der Waals surface area contributed by atoms with Crippen LogP contribution in [-0.4, -0.2) is 22.9 Å². The minimum atomic E-state index is 0.0532. The highest BCUT2D eigenvalue weighted by molar-refractivity contribution is 4.79. The van der Waals surface area contributed by atoms with E-state index in [2.05, 4.69) is 0 Å². The molecule has 0 fully saturated rings. The maximum atomic E-state index is 11.3. The second-order valence-corrected chi connectivity index (χ2v) is 3.08. The molecule has 0 saturated heterocycles. The number of methoxy groups -OCH3 is 1. The number of aryl methyl sites for hydroxylation is 2. The number of unbranched alkanes of at least 4 members (excludes halogenated alkanes) is 1. The van der Waals surface area contributed by atoms with Gasteiger partial charge < -0.3 is 9.30 Å². The van der Waals surface area contributed by atoms with E-state index in [1.165, 1.54) is 0 Å². The zero-order chi connectivity index (χ0) is 9.68. The highest BCUT2D eigenvalue weighted by atomic mass is 16.5. The van der Waals surface area contributed by atoms with Crippen LogP contribution in [0.3, 0.4) is 0 Å². The second-order valence-electron chi connectivity index (χ2n) is 3.08. The Labute approximate surface area is 77.7 Å². The highest BCUT2D eigenvalue weighted by Gasteiger charge is 1.97. The first-order valence-electron chi connectivity index (χ1n) is 4.46. The molecule has 1 heterocycles. The molecule has 13 heavy (non-hydrogen) atoms. The van der Waals surface area contributed by atoms with E-state index in [4.69, 9.17) is 4.74 Å². The first-order valence-corrected chi connectivity index (χ1v) is 4.46. The fraction of sp³-hybridized carbons (Fsp3) is 0.667. The summed E-state index contributed by atoms with van der Waals surface area (Å²) in [6, 6.07) is 0. The Morgan fingerprint density at radius 3 is 2.69 bits per heavy atom. The number of hydrogen-bond acceptors (Lipinski definition) is 2. The zero-order valence-corrected chi connectivity index (χ0v) is 8.19. The molecule has 0 N–H and O–H groups in total. The molecule has 0 aliphatic rings. The Morgan fingerprint density at radius 2 is 2.15 bits per heavy atom. The van der Waals surface area contributed by atoms with Crippen LogP contribution in [0.5, 0.6) is 0 Å². The molecule has 0 aliphatic carbocycles. The first-order chi connectivity index (χ1) is 6.25. The van der Waals surface area contributed by atoms with Gasteiger partial charge in [0.1, 0.15) is 0 Å². The summed E-state index contributed by atoms with van der Waals surface area (Å²) < 4.78 is 8.22. The molecule has 0 aliphatic heterocycles. The van der Waals surface area contributed by atoms with Crippen molar-refractivity contribution in [1.82, 2.24) is 9.13 Å². The maximum Gasteiger partial charge on any atom is 0.327 e. The minimum absolute atomic E-state index is 0.0532. The van der Waals surface area contributed by atoms with Crippen LogP contribution < -0.4 is 5.69 Å². The van der Waals surface area contributed by atoms with Crippen LogP contribution in [0.2, 0.25) is 0 Å². The van der Waals surface area contributed by atoms with E-state index in [0.29, 0.717) is 0 Å². The molecule has 0 atom stereocenters. The van der Waals surface area contributed by atoms with Crippen molar-refractivity contribution in [3.63, 3.8) is 0 Å². The number of ether oxygens (including phenoxy) is 1. The van der Waals surface area contributed by atoms with Crippen molar-refractivity contribution in [1.29, 1.82) is 0 Å². The number of rotatable bonds is 5. The van der Waals surface area contributed by atoms with Gasteiger partial charge in [-0.2, -0.15) is 0 Å². The lowest BCUT2D eigenvalue weighted by Crippen LogP contribution is -2.21. The van der Waals surface area contributed by atoms with E-state index in [1.54, 1.807) is 29.5 Å². The van der Waals surface area contributed by atoms with Gasteiger partial charge in [0, 0.05) is 39.7 Å². The van der Waals surface area contributed by atoms with E-state index in [9.17, 15) is 4.79 Å². The summed E-state index contributed by atoms with van der Waals surface area (Å²) in [4.78, 5) is 11.3. The van der Waals surface area contributed by atoms with Crippen LogP contribution in [0.4, 0.5) is 0 Å². The fourth-order valence-corrected chi connectivity index (χ4v) is 1.21. The molecule has 0 aromatic carbocycles. The second kappa shape index (κ2) is 4.87. The Kier molecular flexibility index (Phi) is 3.76. The van der Waals surface area contributed by atoms with Crippen molar-refractivity contribution < 1.29 is 4.74 Å². The molecule has 4 nitrogen and oxygen atoms in total. The highest BCUT2D eigenvalue weighted by Crippen LogP contribution is 1.93. The summed E-state index contributed by atoms with van der Waals surface area (Å²) in [5, 5.41) is 0. The van der Waals surface area contributed by atoms with Crippen LogP contribution >= 0.6 is 0 Å². The van der Waals surface area contributed by atoms with Gasteiger partial charge in [0.15, 0.2) is 0 Å². The maximum absolute atomic E-state index is 11.3. The SMILES string of the molecule is COCCCCn1ccn(C)c1=O. The molecule has 74 valence electrons. The van der Waals surface area contributed by atoms with Crippen LogP contribution in [-0.2, 0) is 18.3 Å². The Morgan fingerprint density at radius 1 is 1.38 bits per heavy atom. The molecule has 1 rings (SSSR count). The zero-order valence-electron chi connectivity index (χ0n) is 8.19. The van der Waals surface area contributed by atoms with Crippen molar-refractivity contribution in [2.45, 2.75) is 19.4 Å². The van der Waals surface area contributed by atoms with Crippen LogP contribution in [0.1, 0.15) is 12.8 Å². The van der Waals surface area contributed by atoms with E-state index >= 15 is 0 Å². The van der Waals surface area contributed by atoms with Crippen molar-refractivity contribution in [3.8, 4) is 0 Å². The number of nitrogens with zero attached hydrogens (tertiary/aromatic N) is 2. The van der Waals surface area contributed by atoms with Gasteiger partial charge in [-0.05, 0) is 12.8 Å². The first kappa shape index (κ1) is 10.1. The third-order valence-electron chi connectivity index (χ3n) is 2.02. The van der Waals surface area contributed by atoms with Gasteiger partial charge in [0.05, 0.1) is 0 Å². The summed E-state index contributed by atoms with van der Waals surface area (Å²) in [5.74, 6) is 0. The molecule has 0 unspecified atom stereocenters. The molecule has 0 amide bonds. The molecule has 0 bridgehead atoms. The van der Waals surface area contributed by atoms with Gasteiger partial charge in [-0.1, -0.05) is 0 Å². The number of imidazole rings is 1. The summed E-state index contributed by atoms with van der Waals surface area (Å²) in [7, 11) is 3.45. The smallest absolute Gasteiger partial charge is 0.327 e. The van der Waals surface area contributed by atoms with Crippen molar-refractivity contribution in [3.05, 3.63) is 22.9 Å². The van der Waals surface area contributed by atoms with E-state index in [1.807, 2.05) is 6.20 Å². The van der Waals surface area contributed by atoms with Crippen LogP contribution in [0, 0.1) is 0 Å². The largest absolute Gasteiger partial charge is 0.385 e. The number of hydrogen-bond donors (Lipinski definition) is 0. The summed E-state index contributed by atoms with van der Waals surface area (Å²) in [6.45, 7) is 1.55. The predicted octanol–water partition coefficient (Wildman–Crippen LogP) is 0.613. The average molecular weight is 184 g/mol. The summed E-state index contributed by atoms with van der Waals surface area (Å²) in [6.07, 6.45) is 5.57. The monoisotopic (exact) mass is 184 g/mol. The van der Waals surface area contributed by atoms with Gasteiger partial charge >= 0.3 is 5.69 Å². The lowest BCUT2D eigenvalue weighted by Gasteiger charge is -2.00. The fourth-order valence-electron chi connectivity index (χ4n) is 1.21. The third-order valence-corrected chi connectivity index (χ3v) is 2.02. The van der Waals surface area contributed by atoms with Gasteiger partial charge in [0.25, 0.3) is 0 Å². The van der Waals surface area contributed by atoms with E-state index < -0.39 is 0 Å². The molecule has 1 aromatic rings. The molecular formula is C9H16N2O2. The third kappa shape index (κ3) is 2.73. The topological polar surface area (TPSA) is 36.2 Å². The average Bonchev–Trinajstić information content (AvgIpc) is 2.43. The van der Waals surface area contributed by atoms with Gasteiger partial charge in [-0.15, -0.1) is 0 Å². The van der Waals surface area contributed by atoms with Crippen molar-refractivity contribution in [2.75, 3.05) is 13.7 Å². The standard InChI is InChI=1S/C9H16N2O2/c1-10-6-7-11(9(10)12)5-3-4-8-13-2/h6-7H,3-5,8H2,1-2H3. The summed E-state index contributed by atoms with van der Waals surface area (Å²) in [5.41, 5.74) is 0.0532. The van der Waals surface area contributed by atoms with Gasteiger partial charge in [0.2, 0.25) is 0 Å². The Balaban J connectivity index is 2.37. The summed E-state index contributed by atoms with van der Waals surface area (Å²) >= 11 is 0. The van der Waals surface area contributed by atoms with Crippen molar-refractivity contribution in [2.24, 2.45) is 7.05 Å². The van der Waals surface area contributed by atoms with Crippen LogP contribution in [0.25, 0.3) is 0 Å². The minimum Gasteiger partial charge on any atom is -0.385 e. The lowest BCUT2D eigenvalue weighted by molar-refractivity contribution is 0.191. The quantitative estimate of drug-likeness (QED) is 0.629. The Bertz CT molecular complexity index is 301. The normalized spacial score (nSPS) is 10.6. The van der Waals surface area contributed by atoms with Crippen LogP contribution in [0.15, 0.2) is 17.2 Å². The van der Waals surface area contributed by atoms with Gasteiger partial charge in [-0.25, -0.2) is 4.79 Å². The van der Waals surface area contributed by atoms with E-state index in [-0.39, 0.29) is 5.69 Å². The Hall–Kier alpha value is -1.03. The molecule has 0 spiro atoms. The molecule has 0 saturated carbocycles. The molecule has 4 heteroatoms. The molecule has 0 radical (unpaired) electrons. The van der Waals surface area contributed by atoms with Gasteiger partial charge in [-0.3, -0.25) is 4.57 Å². The van der Waals surface area contributed by atoms with Crippen molar-refractivity contribution >= 4 is 0 Å².